The molecule has 0 radical (unpaired) electrons. The molecular formula is C9H12N4S. The normalized spacial score (nSPS) is 10.7. The lowest BCUT2D eigenvalue weighted by Gasteiger charge is -2.05. The molecule has 0 saturated carbocycles. The molecule has 0 saturated heterocycles. The van der Waals surface area contributed by atoms with Gasteiger partial charge < -0.3 is 10.3 Å². The lowest BCUT2D eigenvalue weighted by atomic mass is 10.3. The van der Waals surface area contributed by atoms with Gasteiger partial charge in [0, 0.05) is 18.4 Å². The number of nitrogens with zero attached hydrogens (tertiary/aromatic N) is 3. The summed E-state index contributed by atoms with van der Waals surface area (Å²) in [6.07, 6.45) is 2.03. The first-order valence-corrected chi connectivity index (χ1v) is 5.20. The summed E-state index contributed by atoms with van der Waals surface area (Å²) in [4.78, 5) is 1.19. The third-order valence-corrected chi connectivity index (χ3v) is 3.00. The smallest absolute Gasteiger partial charge is 0.0775 e. The van der Waals surface area contributed by atoms with Crippen LogP contribution >= 0.6 is 11.5 Å². The van der Waals surface area contributed by atoms with Gasteiger partial charge in [-0.15, -0.1) is 5.10 Å². The Morgan fingerprint density at radius 3 is 3.07 bits per heavy atom. The second-order valence-electron chi connectivity index (χ2n) is 3.11. The molecule has 4 nitrogen and oxygen atoms in total. The minimum atomic E-state index is 0.568. The van der Waals surface area contributed by atoms with E-state index in [0.29, 0.717) is 6.54 Å². The maximum atomic E-state index is 5.61. The van der Waals surface area contributed by atoms with Crippen LogP contribution in [0.25, 0.3) is 0 Å². The predicted octanol–water partition coefficient (Wildman–Crippen LogP) is 1.16. The minimum Gasteiger partial charge on any atom is -0.345 e. The molecule has 0 aliphatic carbocycles. The summed E-state index contributed by atoms with van der Waals surface area (Å²) >= 11 is 1.44. The monoisotopic (exact) mass is 208 g/mol. The molecule has 0 fully saturated rings. The molecule has 14 heavy (non-hydrogen) atoms. The zero-order valence-electron chi connectivity index (χ0n) is 7.97. The van der Waals surface area contributed by atoms with Crippen LogP contribution in [0.15, 0.2) is 18.3 Å². The third kappa shape index (κ3) is 1.69. The summed E-state index contributed by atoms with van der Waals surface area (Å²) in [6, 6.07) is 4.04. The fourth-order valence-corrected chi connectivity index (χ4v) is 1.97. The van der Waals surface area contributed by atoms with Gasteiger partial charge in [-0.2, -0.15) is 0 Å². The molecule has 2 aromatic heterocycles. The molecule has 2 rings (SSSR count). The molecule has 2 N–H and O–H groups in total. The average molecular weight is 208 g/mol. The average Bonchev–Trinajstić information content (AvgIpc) is 2.77. The van der Waals surface area contributed by atoms with Gasteiger partial charge in [0.25, 0.3) is 0 Å². The zero-order chi connectivity index (χ0) is 9.97. The van der Waals surface area contributed by atoms with Gasteiger partial charge in [0.1, 0.15) is 0 Å². The Balaban J connectivity index is 2.22. The van der Waals surface area contributed by atoms with Crippen LogP contribution in [0.4, 0.5) is 0 Å². The van der Waals surface area contributed by atoms with E-state index in [-0.39, 0.29) is 0 Å². The van der Waals surface area contributed by atoms with E-state index in [4.69, 9.17) is 5.73 Å². The minimum absolute atomic E-state index is 0.568. The number of aryl methyl sites for hydroxylation is 1. The first-order chi connectivity index (χ1) is 6.81. The summed E-state index contributed by atoms with van der Waals surface area (Å²) < 4.78 is 6.03. The Morgan fingerprint density at radius 2 is 2.43 bits per heavy atom. The van der Waals surface area contributed by atoms with Gasteiger partial charge in [0.15, 0.2) is 0 Å². The van der Waals surface area contributed by atoms with Gasteiger partial charge in [0.2, 0.25) is 0 Å². The van der Waals surface area contributed by atoms with Crippen LogP contribution in [0.5, 0.6) is 0 Å². The van der Waals surface area contributed by atoms with E-state index < -0.39 is 0 Å². The molecule has 0 unspecified atom stereocenters. The van der Waals surface area contributed by atoms with Crippen molar-refractivity contribution in [2.45, 2.75) is 20.0 Å². The van der Waals surface area contributed by atoms with Crippen molar-refractivity contribution in [3.05, 3.63) is 34.6 Å². The fraction of sp³-hybridized carbons (Fsp3) is 0.333. The highest BCUT2D eigenvalue weighted by molar-refractivity contribution is 7.05. The van der Waals surface area contributed by atoms with E-state index in [2.05, 4.69) is 14.2 Å². The highest BCUT2D eigenvalue weighted by Gasteiger charge is 2.05. The molecule has 0 aliphatic rings. The van der Waals surface area contributed by atoms with Crippen molar-refractivity contribution in [2.75, 3.05) is 0 Å². The van der Waals surface area contributed by atoms with Gasteiger partial charge in [-0.1, -0.05) is 4.49 Å². The van der Waals surface area contributed by atoms with E-state index in [0.717, 1.165) is 17.9 Å². The molecular weight excluding hydrogens is 196 g/mol. The predicted molar refractivity (Wildman–Crippen MR) is 56.1 cm³/mol. The largest absolute Gasteiger partial charge is 0.345 e. The van der Waals surface area contributed by atoms with Crippen molar-refractivity contribution in [3.8, 4) is 0 Å². The number of rotatable bonds is 3. The first-order valence-electron chi connectivity index (χ1n) is 4.43. The van der Waals surface area contributed by atoms with E-state index >= 15 is 0 Å². The summed E-state index contributed by atoms with van der Waals surface area (Å²) in [5, 5.41) is 3.98. The van der Waals surface area contributed by atoms with Crippen LogP contribution in [-0.2, 0) is 13.1 Å². The van der Waals surface area contributed by atoms with Crippen LogP contribution in [-0.4, -0.2) is 14.2 Å². The molecule has 0 spiro atoms. The van der Waals surface area contributed by atoms with E-state index in [9.17, 15) is 0 Å². The van der Waals surface area contributed by atoms with Crippen molar-refractivity contribution in [3.63, 3.8) is 0 Å². The molecule has 2 aromatic rings. The van der Waals surface area contributed by atoms with Crippen molar-refractivity contribution in [2.24, 2.45) is 5.73 Å². The Bertz CT molecular complexity index is 418. The zero-order valence-corrected chi connectivity index (χ0v) is 8.79. The van der Waals surface area contributed by atoms with Gasteiger partial charge in [-0.05, 0) is 30.6 Å². The molecule has 0 aliphatic heterocycles. The summed E-state index contributed by atoms with van der Waals surface area (Å²) in [5.74, 6) is 0. The Labute approximate surface area is 86.5 Å². The fourth-order valence-electron chi connectivity index (χ4n) is 1.34. The highest BCUT2D eigenvalue weighted by atomic mass is 32.1. The third-order valence-electron chi connectivity index (χ3n) is 2.19. The first kappa shape index (κ1) is 9.36. The summed E-state index contributed by atoms with van der Waals surface area (Å²) in [6.45, 7) is 3.37. The Morgan fingerprint density at radius 1 is 1.57 bits per heavy atom. The highest BCUT2D eigenvalue weighted by Crippen LogP contribution is 2.13. The molecule has 0 bridgehead atoms. The maximum absolute atomic E-state index is 5.61. The second-order valence-corrected chi connectivity index (χ2v) is 3.95. The maximum Gasteiger partial charge on any atom is 0.0775 e. The number of hydrogen-bond donors (Lipinski definition) is 1. The van der Waals surface area contributed by atoms with E-state index in [1.54, 1.807) is 0 Å². The standard InChI is InChI=1S/C9H12N4S/c1-7-9(14-12-11-7)6-13-4-2-3-8(13)5-10/h2-4H,5-6,10H2,1H3. The van der Waals surface area contributed by atoms with Crippen LogP contribution in [0.3, 0.4) is 0 Å². The molecule has 0 aromatic carbocycles. The second kappa shape index (κ2) is 3.89. The molecule has 0 atom stereocenters. The molecule has 0 amide bonds. The summed E-state index contributed by atoms with van der Waals surface area (Å²) in [5.41, 5.74) is 7.76. The molecule has 2 heterocycles. The number of nitrogens with two attached hydrogens (primary N) is 1. The van der Waals surface area contributed by atoms with Crippen molar-refractivity contribution in [1.82, 2.24) is 14.2 Å². The topological polar surface area (TPSA) is 56.7 Å². The van der Waals surface area contributed by atoms with Crippen LogP contribution < -0.4 is 5.73 Å². The van der Waals surface area contributed by atoms with E-state index in [1.807, 2.05) is 25.3 Å². The van der Waals surface area contributed by atoms with Crippen molar-refractivity contribution in [1.29, 1.82) is 0 Å². The van der Waals surface area contributed by atoms with Crippen LogP contribution in [0.1, 0.15) is 16.3 Å². The van der Waals surface area contributed by atoms with Crippen LogP contribution in [0, 0.1) is 6.92 Å². The number of aromatic nitrogens is 3. The number of hydrogen-bond acceptors (Lipinski definition) is 4. The van der Waals surface area contributed by atoms with Crippen molar-refractivity contribution >= 4 is 11.5 Å². The van der Waals surface area contributed by atoms with Gasteiger partial charge in [-0.3, -0.25) is 0 Å². The van der Waals surface area contributed by atoms with Gasteiger partial charge in [0.05, 0.1) is 17.1 Å². The SMILES string of the molecule is Cc1nnsc1Cn1cccc1CN. The van der Waals surface area contributed by atoms with Gasteiger partial charge in [-0.25, -0.2) is 0 Å². The quantitative estimate of drug-likeness (QED) is 0.823. The Kier molecular flexibility index (Phi) is 2.60. The lowest BCUT2D eigenvalue weighted by Crippen LogP contribution is -2.07. The summed E-state index contributed by atoms with van der Waals surface area (Å²) in [7, 11) is 0. The van der Waals surface area contributed by atoms with Crippen LogP contribution in [0.2, 0.25) is 0 Å². The lowest BCUT2D eigenvalue weighted by molar-refractivity contribution is 0.747. The molecule has 5 heteroatoms. The van der Waals surface area contributed by atoms with Gasteiger partial charge >= 0.3 is 0 Å². The Hall–Kier alpha value is -1.20. The molecule has 74 valence electrons. The van der Waals surface area contributed by atoms with E-state index in [1.165, 1.54) is 16.4 Å². The van der Waals surface area contributed by atoms with Crippen molar-refractivity contribution < 1.29 is 0 Å².